The van der Waals surface area contributed by atoms with E-state index in [1.54, 1.807) is 6.07 Å². The van der Waals surface area contributed by atoms with Crippen LogP contribution in [0.3, 0.4) is 0 Å². The van der Waals surface area contributed by atoms with Crippen LogP contribution in [0.5, 0.6) is 0 Å². The van der Waals surface area contributed by atoms with Crippen molar-refractivity contribution in [1.29, 1.82) is 0 Å². The molecule has 0 bridgehead atoms. The third-order valence-corrected chi connectivity index (χ3v) is 3.98. The molecular formula is C14H19N3O2. The molecule has 1 aromatic carbocycles. The van der Waals surface area contributed by atoms with Crippen LogP contribution in [-0.2, 0) is 0 Å². The molecule has 0 aliphatic heterocycles. The maximum atomic E-state index is 11.2. The smallest absolute Gasteiger partial charge is 0.408 e. The quantitative estimate of drug-likeness (QED) is 0.726. The standard InChI is InChI=1S/C14H19N3O2/c1-14(5-3-2-4-6-14)17-10-8-11-12(7-9(10)15)19-13(18)16-11/h7-8,17H,2-6,15H2,1H3,(H,16,18). The summed E-state index contributed by atoms with van der Waals surface area (Å²) in [6.45, 7) is 2.23. The van der Waals surface area contributed by atoms with E-state index < -0.39 is 5.76 Å². The van der Waals surface area contributed by atoms with Gasteiger partial charge >= 0.3 is 5.76 Å². The Balaban J connectivity index is 1.95. The van der Waals surface area contributed by atoms with Gasteiger partial charge in [-0.1, -0.05) is 19.3 Å². The van der Waals surface area contributed by atoms with Gasteiger partial charge in [-0.25, -0.2) is 4.79 Å². The van der Waals surface area contributed by atoms with Crippen LogP contribution in [0.25, 0.3) is 11.1 Å². The molecule has 5 heteroatoms. The average molecular weight is 261 g/mol. The van der Waals surface area contributed by atoms with Crippen LogP contribution in [0.2, 0.25) is 0 Å². The van der Waals surface area contributed by atoms with Crippen LogP contribution in [0.15, 0.2) is 21.3 Å². The molecular weight excluding hydrogens is 242 g/mol. The van der Waals surface area contributed by atoms with Crippen LogP contribution in [0.4, 0.5) is 11.4 Å². The monoisotopic (exact) mass is 261 g/mol. The third kappa shape index (κ3) is 2.32. The predicted octanol–water partition coefficient (Wildman–Crippen LogP) is 2.84. The number of hydrogen-bond donors (Lipinski definition) is 3. The number of oxazole rings is 1. The van der Waals surface area contributed by atoms with E-state index >= 15 is 0 Å². The number of nitrogen functional groups attached to an aromatic ring is 1. The average Bonchev–Trinajstić information content (AvgIpc) is 2.69. The topological polar surface area (TPSA) is 84.0 Å². The summed E-state index contributed by atoms with van der Waals surface area (Å²) >= 11 is 0. The SMILES string of the molecule is CC1(Nc2cc3[nH]c(=O)oc3cc2N)CCCCC1. The lowest BCUT2D eigenvalue weighted by Crippen LogP contribution is -2.36. The minimum atomic E-state index is -0.449. The zero-order chi connectivity index (χ0) is 13.5. The molecule has 0 unspecified atom stereocenters. The largest absolute Gasteiger partial charge is 0.417 e. The van der Waals surface area contributed by atoms with E-state index in [1.807, 2.05) is 6.07 Å². The summed E-state index contributed by atoms with van der Waals surface area (Å²) < 4.78 is 5.00. The van der Waals surface area contributed by atoms with Gasteiger partial charge in [0.1, 0.15) is 0 Å². The lowest BCUT2D eigenvalue weighted by molar-refractivity contribution is 0.349. The van der Waals surface area contributed by atoms with Crippen molar-refractivity contribution in [2.45, 2.75) is 44.6 Å². The first-order valence-corrected chi connectivity index (χ1v) is 6.76. The summed E-state index contributed by atoms with van der Waals surface area (Å²) in [7, 11) is 0. The lowest BCUT2D eigenvalue weighted by atomic mass is 9.83. The first-order chi connectivity index (χ1) is 9.06. The second-order valence-corrected chi connectivity index (χ2v) is 5.70. The van der Waals surface area contributed by atoms with Gasteiger partial charge in [0.05, 0.1) is 16.9 Å². The highest BCUT2D eigenvalue weighted by atomic mass is 16.4. The molecule has 0 amide bonds. The Labute approximate surface area is 111 Å². The highest BCUT2D eigenvalue weighted by Crippen LogP contribution is 2.34. The van der Waals surface area contributed by atoms with Crippen LogP contribution in [0.1, 0.15) is 39.0 Å². The van der Waals surface area contributed by atoms with E-state index in [9.17, 15) is 4.79 Å². The summed E-state index contributed by atoms with van der Waals surface area (Å²) in [6.07, 6.45) is 6.09. The number of nitrogens with two attached hydrogens (primary N) is 1. The molecule has 3 rings (SSSR count). The fourth-order valence-electron chi connectivity index (χ4n) is 2.90. The molecule has 1 fully saturated rings. The second-order valence-electron chi connectivity index (χ2n) is 5.70. The Morgan fingerprint density at radius 3 is 2.79 bits per heavy atom. The summed E-state index contributed by atoms with van der Waals surface area (Å²) in [4.78, 5) is 13.8. The van der Waals surface area contributed by atoms with Gasteiger partial charge in [0.2, 0.25) is 0 Å². The number of benzene rings is 1. The summed E-state index contributed by atoms with van der Waals surface area (Å²) in [6, 6.07) is 3.55. The van der Waals surface area contributed by atoms with E-state index in [0.717, 1.165) is 18.5 Å². The maximum Gasteiger partial charge on any atom is 0.417 e. The molecule has 5 nitrogen and oxygen atoms in total. The van der Waals surface area contributed by atoms with Crippen LogP contribution in [-0.4, -0.2) is 10.5 Å². The molecule has 2 aromatic rings. The Bertz CT molecular complexity index is 650. The Morgan fingerprint density at radius 1 is 1.32 bits per heavy atom. The van der Waals surface area contributed by atoms with Crippen molar-refractivity contribution in [3.05, 3.63) is 22.7 Å². The Morgan fingerprint density at radius 2 is 2.05 bits per heavy atom. The van der Waals surface area contributed by atoms with Gasteiger partial charge in [0, 0.05) is 11.6 Å². The van der Waals surface area contributed by atoms with Crippen LogP contribution in [0, 0.1) is 0 Å². The van der Waals surface area contributed by atoms with E-state index in [4.69, 9.17) is 10.2 Å². The van der Waals surface area contributed by atoms with Crippen LogP contribution >= 0.6 is 0 Å². The molecule has 4 N–H and O–H groups in total. The first-order valence-electron chi connectivity index (χ1n) is 6.76. The Kier molecular flexibility index (Phi) is 2.77. The van der Waals surface area contributed by atoms with Crippen molar-refractivity contribution < 1.29 is 4.42 Å². The minimum absolute atomic E-state index is 0.0874. The number of fused-ring (bicyclic) bond motifs is 1. The van der Waals surface area contributed by atoms with E-state index in [0.29, 0.717) is 16.8 Å². The van der Waals surface area contributed by atoms with E-state index in [1.165, 1.54) is 19.3 Å². The molecule has 0 radical (unpaired) electrons. The van der Waals surface area contributed by atoms with Crippen molar-refractivity contribution in [3.63, 3.8) is 0 Å². The highest BCUT2D eigenvalue weighted by molar-refractivity contribution is 5.85. The van der Waals surface area contributed by atoms with Gasteiger partial charge in [0.15, 0.2) is 5.58 Å². The van der Waals surface area contributed by atoms with Gasteiger partial charge in [-0.2, -0.15) is 0 Å². The normalized spacial score (nSPS) is 18.6. The third-order valence-electron chi connectivity index (χ3n) is 3.98. The molecule has 102 valence electrons. The molecule has 1 aliphatic rings. The number of H-pyrrole nitrogens is 1. The summed E-state index contributed by atoms with van der Waals surface area (Å²) in [5.74, 6) is -0.449. The summed E-state index contributed by atoms with van der Waals surface area (Å²) in [5, 5.41) is 3.54. The number of hydrogen-bond acceptors (Lipinski definition) is 4. The molecule has 1 saturated carbocycles. The van der Waals surface area contributed by atoms with E-state index in [-0.39, 0.29) is 5.54 Å². The van der Waals surface area contributed by atoms with Crippen LogP contribution < -0.4 is 16.8 Å². The van der Waals surface area contributed by atoms with Crippen molar-refractivity contribution in [3.8, 4) is 0 Å². The minimum Gasteiger partial charge on any atom is -0.408 e. The second kappa shape index (κ2) is 4.33. The predicted molar refractivity (Wildman–Crippen MR) is 76.4 cm³/mol. The molecule has 1 aliphatic carbocycles. The summed E-state index contributed by atoms with van der Waals surface area (Å²) in [5.41, 5.74) is 8.79. The molecule has 0 atom stereocenters. The van der Waals surface area contributed by atoms with Crippen molar-refractivity contribution in [2.24, 2.45) is 0 Å². The molecule has 0 saturated heterocycles. The van der Waals surface area contributed by atoms with Gasteiger partial charge in [-0.15, -0.1) is 0 Å². The van der Waals surface area contributed by atoms with Gasteiger partial charge in [-0.3, -0.25) is 4.98 Å². The highest BCUT2D eigenvalue weighted by Gasteiger charge is 2.27. The molecule has 0 spiro atoms. The number of anilines is 2. The van der Waals surface area contributed by atoms with E-state index in [2.05, 4.69) is 17.2 Å². The van der Waals surface area contributed by atoms with Gasteiger partial charge < -0.3 is 15.5 Å². The zero-order valence-corrected chi connectivity index (χ0v) is 11.1. The first kappa shape index (κ1) is 12.1. The fraction of sp³-hybridized carbons (Fsp3) is 0.500. The van der Waals surface area contributed by atoms with Crippen molar-refractivity contribution >= 4 is 22.5 Å². The maximum absolute atomic E-state index is 11.2. The number of rotatable bonds is 2. The zero-order valence-electron chi connectivity index (χ0n) is 11.1. The number of aromatic amines is 1. The fourth-order valence-corrected chi connectivity index (χ4v) is 2.90. The number of aromatic nitrogens is 1. The molecule has 1 aromatic heterocycles. The lowest BCUT2D eigenvalue weighted by Gasteiger charge is -2.36. The van der Waals surface area contributed by atoms with Gasteiger partial charge in [-0.05, 0) is 25.8 Å². The number of nitrogens with one attached hydrogen (secondary N) is 2. The van der Waals surface area contributed by atoms with Crippen molar-refractivity contribution in [2.75, 3.05) is 11.1 Å². The molecule has 1 heterocycles. The van der Waals surface area contributed by atoms with Crippen molar-refractivity contribution in [1.82, 2.24) is 4.98 Å². The molecule has 19 heavy (non-hydrogen) atoms. The Hall–Kier alpha value is -1.91. The van der Waals surface area contributed by atoms with Gasteiger partial charge in [0.25, 0.3) is 0 Å².